The fourth-order valence-electron chi connectivity index (χ4n) is 4.25. The molecule has 0 saturated carbocycles. The number of anilines is 1. The summed E-state index contributed by atoms with van der Waals surface area (Å²) < 4.78 is 0. The number of nitrogens with zero attached hydrogens (tertiary/aromatic N) is 4. The van der Waals surface area contributed by atoms with Crippen molar-refractivity contribution in [3.63, 3.8) is 0 Å². The third kappa shape index (κ3) is 5.43. The summed E-state index contributed by atoms with van der Waals surface area (Å²) in [7, 11) is 0. The second-order valence-electron chi connectivity index (χ2n) is 8.41. The molecule has 33 heavy (non-hydrogen) atoms. The lowest BCUT2D eigenvalue weighted by Crippen LogP contribution is -2.52. The summed E-state index contributed by atoms with van der Waals surface area (Å²) >= 11 is 18.8. The van der Waals surface area contributed by atoms with Gasteiger partial charge in [0.25, 0.3) is 0 Å². The number of piperazine rings is 1. The molecule has 0 unspecified atom stereocenters. The number of aromatic nitrogens is 1. The smallest absolute Gasteiger partial charge is 0.116 e. The van der Waals surface area contributed by atoms with Gasteiger partial charge in [0, 0.05) is 42.4 Å². The zero-order chi connectivity index (χ0) is 23.6. The summed E-state index contributed by atoms with van der Waals surface area (Å²) in [5, 5.41) is 22.1. The maximum Gasteiger partial charge on any atom is 0.116 e. The molecule has 2 heterocycles. The van der Waals surface area contributed by atoms with Crippen molar-refractivity contribution in [1.29, 1.82) is 5.26 Å². The molecule has 1 aromatic heterocycles. The molecule has 0 bridgehead atoms. The van der Waals surface area contributed by atoms with Crippen molar-refractivity contribution in [1.82, 2.24) is 9.88 Å². The van der Waals surface area contributed by atoms with Crippen LogP contribution in [0.1, 0.15) is 29.8 Å². The Balaban J connectivity index is 1.60. The average molecular weight is 502 g/mol. The number of halogens is 3. The molecule has 2 aromatic carbocycles. The number of benzene rings is 2. The minimum atomic E-state index is -1.17. The molecule has 1 aliphatic rings. The zero-order valence-electron chi connectivity index (χ0n) is 18.0. The fraction of sp³-hybridized carbons (Fsp3) is 0.280. The lowest BCUT2D eigenvalue weighted by Gasteiger charge is -2.45. The van der Waals surface area contributed by atoms with Gasteiger partial charge in [0.2, 0.25) is 0 Å². The van der Waals surface area contributed by atoms with E-state index < -0.39 is 5.60 Å². The Morgan fingerprint density at radius 2 is 1.79 bits per heavy atom. The number of pyridine rings is 1. The van der Waals surface area contributed by atoms with Crippen molar-refractivity contribution in [2.75, 3.05) is 31.1 Å². The van der Waals surface area contributed by atoms with Gasteiger partial charge in [0.1, 0.15) is 11.7 Å². The van der Waals surface area contributed by atoms with Crippen molar-refractivity contribution in [3.05, 3.63) is 92.7 Å². The highest BCUT2D eigenvalue weighted by Crippen LogP contribution is 2.37. The molecule has 1 N–H and O–H groups in total. The van der Waals surface area contributed by atoms with Crippen molar-refractivity contribution in [2.24, 2.45) is 0 Å². The molecule has 0 aliphatic carbocycles. The first-order chi connectivity index (χ1) is 15.8. The summed E-state index contributed by atoms with van der Waals surface area (Å²) in [6.07, 6.45) is 1.49. The molecular formula is C25H23Cl3N4O. The number of rotatable bonds is 5. The van der Waals surface area contributed by atoms with Crippen LogP contribution in [0.5, 0.6) is 0 Å². The van der Waals surface area contributed by atoms with Gasteiger partial charge in [-0.05, 0) is 55.0 Å². The van der Waals surface area contributed by atoms with Crippen LogP contribution in [0.3, 0.4) is 0 Å². The fourth-order valence-corrected chi connectivity index (χ4v) is 4.89. The van der Waals surface area contributed by atoms with Crippen LogP contribution in [-0.2, 0) is 5.60 Å². The van der Waals surface area contributed by atoms with Crippen LogP contribution in [0, 0.1) is 11.3 Å². The largest absolute Gasteiger partial charge is 0.382 e. The molecule has 4 rings (SSSR count). The molecule has 5 nitrogen and oxygen atoms in total. The quantitative estimate of drug-likeness (QED) is 0.487. The normalized spacial score (nSPS) is 18.5. The summed E-state index contributed by atoms with van der Waals surface area (Å²) in [6.45, 7) is 4.27. The van der Waals surface area contributed by atoms with E-state index in [0.717, 1.165) is 17.8 Å². The van der Waals surface area contributed by atoms with Gasteiger partial charge < -0.3 is 10.0 Å². The van der Waals surface area contributed by atoms with Crippen LogP contribution in [0.2, 0.25) is 15.1 Å². The van der Waals surface area contributed by atoms with Gasteiger partial charge in [-0.15, -0.1) is 0 Å². The molecule has 1 fully saturated rings. The van der Waals surface area contributed by atoms with Gasteiger partial charge in [-0.1, -0.05) is 46.9 Å². The van der Waals surface area contributed by atoms with E-state index in [4.69, 9.17) is 40.1 Å². The zero-order valence-corrected chi connectivity index (χ0v) is 20.3. The Hall–Kier alpha value is -2.33. The Bertz CT molecular complexity index is 1160. The van der Waals surface area contributed by atoms with E-state index >= 15 is 0 Å². The first-order valence-corrected chi connectivity index (χ1v) is 11.7. The Kier molecular flexibility index (Phi) is 7.13. The van der Waals surface area contributed by atoms with E-state index in [2.05, 4.69) is 20.9 Å². The number of hydrogen-bond donors (Lipinski definition) is 1. The first kappa shape index (κ1) is 23.8. The van der Waals surface area contributed by atoms with E-state index in [1.165, 1.54) is 6.20 Å². The van der Waals surface area contributed by atoms with Crippen LogP contribution in [0.25, 0.3) is 0 Å². The SMILES string of the molecule is C[C@@](O)(CN1CCN(c2ccc(Cl)cc2Cl)[C@H](c2ccc(Cl)cc2)C1)c1ccc(C#N)cn1. The highest BCUT2D eigenvalue weighted by molar-refractivity contribution is 6.36. The van der Waals surface area contributed by atoms with E-state index in [9.17, 15) is 5.11 Å². The van der Waals surface area contributed by atoms with E-state index in [1.807, 2.05) is 36.4 Å². The van der Waals surface area contributed by atoms with Gasteiger partial charge in [0.05, 0.1) is 28.0 Å². The highest BCUT2D eigenvalue weighted by atomic mass is 35.5. The molecule has 170 valence electrons. The van der Waals surface area contributed by atoms with Gasteiger partial charge in [-0.3, -0.25) is 9.88 Å². The Morgan fingerprint density at radius 1 is 1.06 bits per heavy atom. The van der Waals surface area contributed by atoms with Crippen LogP contribution in [0.15, 0.2) is 60.8 Å². The van der Waals surface area contributed by atoms with Crippen LogP contribution >= 0.6 is 34.8 Å². The summed E-state index contributed by atoms with van der Waals surface area (Å²) in [6, 6.07) is 18.8. The van der Waals surface area contributed by atoms with Crippen molar-refractivity contribution >= 4 is 40.5 Å². The highest BCUT2D eigenvalue weighted by Gasteiger charge is 2.34. The summed E-state index contributed by atoms with van der Waals surface area (Å²) in [4.78, 5) is 8.79. The number of nitriles is 1. The van der Waals surface area contributed by atoms with Crippen molar-refractivity contribution in [2.45, 2.75) is 18.6 Å². The van der Waals surface area contributed by atoms with Crippen molar-refractivity contribution in [3.8, 4) is 6.07 Å². The summed E-state index contributed by atoms with van der Waals surface area (Å²) in [5.41, 5.74) is 1.85. The molecule has 0 amide bonds. The molecule has 1 saturated heterocycles. The Labute approximate surface area is 208 Å². The maximum atomic E-state index is 11.2. The second kappa shape index (κ2) is 9.89. The molecule has 0 spiro atoms. The Morgan fingerprint density at radius 3 is 2.42 bits per heavy atom. The van der Waals surface area contributed by atoms with Crippen LogP contribution in [-0.4, -0.2) is 41.2 Å². The number of β-amino-alcohol motifs (C(OH)–C–C–N with tert-alkyl or cyclic N) is 1. The number of hydrogen-bond acceptors (Lipinski definition) is 5. The van der Waals surface area contributed by atoms with Crippen LogP contribution in [0.4, 0.5) is 5.69 Å². The third-order valence-electron chi connectivity index (χ3n) is 5.91. The third-order valence-corrected chi connectivity index (χ3v) is 6.70. The lowest BCUT2D eigenvalue weighted by atomic mass is 9.97. The van der Waals surface area contributed by atoms with E-state index in [1.54, 1.807) is 25.1 Å². The average Bonchev–Trinajstić information content (AvgIpc) is 2.80. The van der Waals surface area contributed by atoms with Gasteiger partial charge in [-0.25, -0.2) is 0 Å². The monoisotopic (exact) mass is 500 g/mol. The molecule has 0 radical (unpaired) electrons. The van der Waals surface area contributed by atoms with Gasteiger partial charge >= 0.3 is 0 Å². The molecule has 8 heteroatoms. The lowest BCUT2D eigenvalue weighted by molar-refractivity contribution is 0.00677. The molecule has 2 atom stereocenters. The summed E-state index contributed by atoms with van der Waals surface area (Å²) in [5.74, 6) is 0. The maximum absolute atomic E-state index is 11.2. The van der Waals surface area contributed by atoms with Crippen molar-refractivity contribution < 1.29 is 5.11 Å². The predicted octanol–water partition coefficient (Wildman–Crippen LogP) is 5.68. The van der Waals surface area contributed by atoms with Gasteiger partial charge in [-0.2, -0.15) is 5.26 Å². The van der Waals surface area contributed by atoms with E-state index in [-0.39, 0.29) is 6.04 Å². The second-order valence-corrected chi connectivity index (χ2v) is 9.69. The minimum absolute atomic E-state index is 0.000540. The standard InChI is InChI=1S/C25H23Cl3N4O/c1-25(33,24-9-2-17(13-29)14-30-24)16-31-10-11-32(22-8-7-20(27)12-21(22)28)23(15-31)18-3-5-19(26)6-4-18/h2-9,12,14,23,33H,10-11,15-16H2,1H3/t23-,25+/m0/s1. The molecular weight excluding hydrogens is 479 g/mol. The van der Waals surface area contributed by atoms with E-state index in [0.29, 0.717) is 46.0 Å². The van der Waals surface area contributed by atoms with Crippen LogP contribution < -0.4 is 4.90 Å². The molecule has 1 aliphatic heterocycles. The number of aliphatic hydroxyl groups is 1. The minimum Gasteiger partial charge on any atom is -0.382 e. The topological polar surface area (TPSA) is 63.4 Å². The molecule has 3 aromatic rings. The predicted molar refractivity (Wildman–Crippen MR) is 133 cm³/mol. The van der Waals surface area contributed by atoms with Gasteiger partial charge in [0.15, 0.2) is 0 Å². The first-order valence-electron chi connectivity index (χ1n) is 10.6.